The lowest BCUT2D eigenvalue weighted by Crippen LogP contribution is -2.45. The Morgan fingerprint density at radius 2 is 1.84 bits per heavy atom. The lowest BCUT2D eigenvalue weighted by atomic mass is 9.89. The van der Waals surface area contributed by atoms with Gasteiger partial charge >= 0.3 is 0 Å². The van der Waals surface area contributed by atoms with Crippen molar-refractivity contribution in [1.82, 2.24) is 5.32 Å². The van der Waals surface area contributed by atoms with Crippen molar-refractivity contribution in [1.29, 1.82) is 0 Å². The molecule has 1 aliphatic rings. The van der Waals surface area contributed by atoms with Gasteiger partial charge in [0, 0.05) is 12.0 Å². The number of hydrogen-bond acceptors (Lipinski definition) is 5. The zero-order valence-corrected chi connectivity index (χ0v) is 19.7. The molecule has 0 fully saturated rings. The van der Waals surface area contributed by atoms with Crippen LogP contribution in [-0.2, 0) is 14.8 Å². The highest BCUT2D eigenvalue weighted by Gasteiger charge is 2.35. The van der Waals surface area contributed by atoms with Gasteiger partial charge in [-0.25, -0.2) is 8.42 Å². The largest absolute Gasteiger partial charge is 0.495 e. The summed E-state index contributed by atoms with van der Waals surface area (Å²) in [6, 6.07) is 10.8. The Hall–Kier alpha value is -2.74. The SMILES string of the molecule is COc1ccc(C)cc1N(CC(=O)N[C@@H]1CC(C)(C)Oc2ccc(C)cc21)S(C)(=O)=O. The first-order valence-corrected chi connectivity index (χ1v) is 12.0. The molecule has 2 aromatic rings. The number of fused-ring (bicyclic) bond motifs is 1. The first-order chi connectivity index (χ1) is 14.4. The summed E-state index contributed by atoms with van der Waals surface area (Å²) in [5.41, 5.74) is 2.69. The van der Waals surface area contributed by atoms with Gasteiger partial charge in [-0.1, -0.05) is 23.8 Å². The molecule has 0 saturated heterocycles. The fourth-order valence-electron chi connectivity index (χ4n) is 3.85. The number of nitrogens with zero attached hydrogens (tertiary/aromatic N) is 1. The molecule has 0 spiro atoms. The molecule has 0 aromatic heterocycles. The van der Waals surface area contributed by atoms with Gasteiger partial charge < -0.3 is 14.8 Å². The number of ether oxygens (including phenoxy) is 2. The molecule has 0 saturated carbocycles. The predicted molar refractivity (Wildman–Crippen MR) is 121 cm³/mol. The minimum Gasteiger partial charge on any atom is -0.495 e. The number of rotatable bonds is 6. The number of amides is 1. The number of methoxy groups -OCH3 is 1. The van der Waals surface area contributed by atoms with E-state index in [1.807, 2.05) is 52.0 Å². The summed E-state index contributed by atoms with van der Waals surface area (Å²) in [6.45, 7) is 7.42. The number of aryl methyl sites for hydroxylation is 2. The van der Waals surface area contributed by atoms with Gasteiger partial charge in [-0.2, -0.15) is 0 Å². The minimum atomic E-state index is -3.73. The van der Waals surface area contributed by atoms with Crippen molar-refractivity contribution in [2.75, 3.05) is 24.2 Å². The van der Waals surface area contributed by atoms with Crippen LogP contribution in [0, 0.1) is 13.8 Å². The molecule has 1 atom stereocenters. The molecular weight excluding hydrogens is 416 g/mol. The molecule has 0 radical (unpaired) electrons. The molecular formula is C23H30N2O5S. The maximum absolute atomic E-state index is 13.0. The van der Waals surface area contributed by atoms with Gasteiger partial charge in [-0.15, -0.1) is 0 Å². The Morgan fingerprint density at radius 1 is 1.19 bits per heavy atom. The van der Waals surface area contributed by atoms with Crippen molar-refractivity contribution < 1.29 is 22.7 Å². The summed E-state index contributed by atoms with van der Waals surface area (Å²) in [6.07, 6.45) is 1.65. The van der Waals surface area contributed by atoms with E-state index < -0.39 is 21.5 Å². The molecule has 7 nitrogen and oxygen atoms in total. The van der Waals surface area contributed by atoms with E-state index >= 15 is 0 Å². The number of benzene rings is 2. The summed E-state index contributed by atoms with van der Waals surface area (Å²) < 4.78 is 37.6. The molecule has 0 unspecified atom stereocenters. The van der Waals surface area contributed by atoms with Crippen LogP contribution >= 0.6 is 0 Å². The van der Waals surface area contributed by atoms with E-state index in [9.17, 15) is 13.2 Å². The van der Waals surface area contributed by atoms with E-state index in [4.69, 9.17) is 9.47 Å². The Balaban J connectivity index is 1.89. The zero-order valence-electron chi connectivity index (χ0n) is 18.9. The molecule has 0 aliphatic carbocycles. The lowest BCUT2D eigenvalue weighted by molar-refractivity contribution is -0.120. The summed E-state index contributed by atoms with van der Waals surface area (Å²) in [7, 11) is -2.26. The standard InChI is InChI=1S/C23H30N2O5S/c1-15-7-9-20-17(11-15)18(13-23(3,4)30-20)24-22(26)14-25(31(6,27)28)19-12-16(2)8-10-21(19)29-5/h7-12,18H,13-14H2,1-6H3,(H,24,26)/t18-/m1/s1. The molecule has 1 heterocycles. The Bertz CT molecular complexity index is 1100. The topological polar surface area (TPSA) is 84.9 Å². The van der Waals surface area contributed by atoms with Crippen molar-refractivity contribution in [3.63, 3.8) is 0 Å². The highest BCUT2D eigenvalue weighted by molar-refractivity contribution is 7.92. The van der Waals surface area contributed by atoms with E-state index in [-0.39, 0.29) is 12.6 Å². The van der Waals surface area contributed by atoms with E-state index in [2.05, 4.69) is 5.32 Å². The van der Waals surface area contributed by atoms with Gasteiger partial charge in [0.25, 0.3) is 0 Å². The maximum atomic E-state index is 13.0. The van der Waals surface area contributed by atoms with Crippen LogP contribution in [-0.4, -0.2) is 39.8 Å². The van der Waals surface area contributed by atoms with Crippen molar-refractivity contribution in [3.05, 3.63) is 53.1 Å². The third kappa shape index (κ3) is 5.31. The van der Waals surface area contributed by atoms with Crippen LogP contribution in [0.2, 0.25) is 0 Å². The Kier molecular flexibility index (Phi) is 6.23. The number of hydrogen-bond donors (Lipinski definition) is 1. The van der Waals surface area contributed by atoms with Crippen molar-refractivity contribution >= 4 is 21.6 Å². The molecule has 2 aromatic carbocycles. The van der Waals surface area contributed by atoms with E-state index in [0.29, 0.717) is 17.9 Å². The fraction of sp³-hybridized carbons (Fsp3) is 0.435. The molecule has 168 valence electrons. The maximum Gasteiger partial charge on any atom is 0.241 e. The second kappa shape index (κ2) is 8.42. The number of nitrogens with one attached hydrogen (secondary N) is 1. The van der Waals surface area contributed by atoms with Gasteiger partial charge in [0.1, 0.15) is 23.6 Å². The van der Waals surface area contributed by atoms with E-state index in [0.717, 1.165) is 33.0 Å². The molecule has 1 amide bonds. The molecule has 1 aliphatic heterocycles. The van der Waals surface area contributed by atoms with Gasteiger partial charge in [0.05, 0.1) is 25.1 Å². The number of carbonyl (C=O) groups excluding carboxylic acids is 1. The minimum absolute atomic E-state index is 0.285. The van der Waals surface area contributed by atoms with Crippen LogP contribution in [0.3, 0.4) is 0 Å². The fourth-order valence-corrected chi connectivity index (χ4v) is 4.70. The Labute approximate surface area is 184 Å². The predicted octanol–water partition coefficient (Wildman–Crippen LogP) is 3.50. The van der Waals surface area contributed by atoms with Gasteiger partial charge in [0.15, 0.2) is 0 Å². The monoisotopic (exact) mass is 446 g/mol. The van der Waals surface area contributed by atoms with Crippen LogP contribution in [0.25, 0.3) is 0 Å². The second-order valence-electron chi connectivity index (χ2n) is 8.67. The van der Waals surface area contributed by atoms with Crippen LogP contribution in [0.1, 0.15) is 43.0 Å². The quantitative estimate of drug-likeness (QED) is 0.734. The summed E-state index contributed by atoms with van der Waals surface area (Å²) >= 11 is 0. The molecule has 31 heavy (non-hydrogen) atoms. The number of sulfonamides is 1. The molecule has 8 heteroatoms. The molecule has 0 bridgehead atoms. The van der Waals surface area contributed by atoms with Crippen LogP contribution < -0.4 is 19.1 Å². The zero-order chi connectivity index (χ0) is 23.0. The summed E-state index contributed by atoms with van der Waals surface area (Å²) in [5, 5.41) is 3.02. The lowest BCUT2D eigenvalue weighted by Gasteiger charge is -2.38. The van der Waals surface area contributed by atoms with Crippen molar-refractivity contribution in [3.8, 4) is 11.5 Å². The average molecular weight is 447 g/mol. The first-order valence-electron chi connectivity index (χ1n) is 10.1. The normalized spacial score (nSPS) is 17.3. The van der Waals surface area contributed by atoms with E-state index in [1.54, 1.807) is 12.1 Å². The second-order valence-corrected chi connectivity index (χ2v) is 10.6. The number of anilines is 1. The average Bonchev–Trinajstić information content (AvgIpc) is 2.65. The smallest absolute Gasteiger partial charge is 0.241 e. The van der Waals surface area contributed by atoms with Crippen LogP contribution in [0.15, 0.2) is 36.4 Å². The van der Waals surface area contributed by atoms with Gasteiger partial charge in [-0.3, -0.25) is 9.10 Å². The van der Waals surface area contributed by atoms with Crippen LogP contribution in [0.4, 0.5) is 5.69 Å². The van der Waals surface area contributed by atoms with E-state index in [1.165, 1.54) is 7.11 Å². The third-order valence-electron chi connectivity index (χ3n) is 5.25. The van der Waals surface area contributed by atoms with Gasteiger partial charge in [-0.05, 0) is 51.5 Å². The summed E-state index contributed by atoms with van der Waals surface area (Å²) in [5.74, 6) is 0.716. The molecule has 3 rings (SSSR count). The number of carbonyl (C=O) groups is 1. The highest BCUT2D eigenvalue weighted by atomic mass is 32.2. The van der Waals surface area contributed by atoms with Crippen LogP contribution in [0.5, 0.6) is 11.5 Å². The Morgan fingerprint density at radius 3 is 2.48 bits per heavy atom. The molecule has 1 N–H and O–H groups in total. The highest BCUT2D eigenvalue weighted by Crippen LogP contribution is 2.40. The van der Waals surface area contributed by atoms with Gasteiger partial charge in [0.2, 0.25) is 15.9 Å². The third-order valence-corrected chi connectivity index (χ3v) is 6.37. The summed E-state index contributed by atoms with van der Waals surface area (Å²) in [4.78, 5) is 13.0. The van der Waals surface area contributed by atoms with Crippen molar-refractivity contribution in [2.24, 2.45) is 0 Å². The first kappa shape index (κ1) is 22.9. The van der Waals surface area contributed by atoms with Crippen molar-refractivity contribution in [2.45, 2.75) is 45.8 Å².